The van der Waals surface area contributed by atoms with Crippen molar-refractivity contribution in [2.45, 2.75) is 26.2 Å². The second kappa shape index (κ2) is 8.79. The van der Waals surface area contributed by atoms with Gasteiger partial charge in [0.2, 0.25) is 0 Å². The molecule has 30 heavy (non-hydrogen) atoms. The summed E-state index contributed by atoms with van der Waals surface area (Å²) < 4.78 is 26.5. The summed E-state index contributed by atoms with van der Waals surface area (Å²) in [6, 6.07) is 8.76. The number of rotatable bonds is 6. The number of hydrogen-bond donors (Lipinski definition) is 2. The number of hydrogen-bond acceptors (Lipinski definition) is 2. The van der Waals surface area contributed by atoms with Gasteiger partial charge in [0, 0.05) is 47.0 Å². The number of amides is 1. The van der Waals surface area contributed by atoms with E-state index in [1.807, 2.05) is 18.3 Å². The summed E-state index contributed by atoms with van der Waals surface area (Å²) in [5.41, 5.74) is 4.12. The van der Waals surface area contributed by atoms with Gasteiger partial charge in [-0.2, -0.15) is 0 Å². The van der Waals surface area contributed by atoms with Gasteiger partial charge in [0.15, 0.2) is 11.6 Å². The van der Waals surface area contributed by atoms with Crippen molar-refractivity contribution in [3.8, 4) is 0 Å². The van der Waals surface area contributed by atoms with E-state index in [9.17, 15) is 13.6 Å². The van der Waals surface area contributed by atoms with Crippen LogP contribution >= 0.6 is 0 Å². The van der Waals surface area contributed by atoms with Gasteiger partial charge < -0.3 is 10.3 Å². The topological polar surface area (TPSA) is 48.1 Å². The highest BCUT2D eigenvalue weighted by Gasteiger charge is 2.16. The molecular weight excluding hydrogens is 384 g/mol. The van der Waals surface area contributed by atoms with E-state index in [0.717, 1.165) is 54.7 Å². The highest BCUT2D eigenvalue weighted by molar-refractivity contribution is 6.05. The fourth-order valence-electron chi connectivity index (χ4n) is 3.85. The number of anilines is 1. The minimum absolute atomic E-state index is 0.0745. The molecule has 0 bridgehead atoms. The first-order valence-corrected chi connectivity index (χ1v) is 10.3. The molecule has 4 rings (SSSR count). The van der Waals surface area contributed by atoms with Crippen LogP contribution in [0.15, 0.2) is 48.7 Å². The van der Waals surface area contributed by atoms with Crippen LogP contribution in [0.2, 0.25) is 0 Å². The first kappa shape index (κ1) is 20.3. The molecule has 1 aliphatic rings. The molecule has 1 aromatic heterocycles. The van der Waals surface area contributed by atoms with E-state index in [1.165, 1.54) is 24.5 Å². The van der Waals surface area contributed by atoms with Crippen molar-refractivity contribution in [2.75, 3.05) is 25.0 Å². The summed E-state index contributed by atoms with van der Waals surface area (Å²) in [7, 11) is 0. The summed E-state index contributed by atoms with van der Waals surface area (Å²) in [5.74, 6) is -2.49. The molecule has 0 fully saturated rings. The standard InChI is InChI=1S/C24H25F2N3O/c1-2-3-10-29-11-8-16(9-12-29)20-15-27-23-7-5-18(14-19(20)23)28-24(30)17-4-6-21(25)22(26)13-17/h4-8,13-15,27H,2-3,9-12H2,1H3,(H,28,30). The Morgan fingerprint density at radius 2 is 2.03 bits per heavy atom. The van der Waals surface area contributed by atoms with Crippen LogP contribution in [0.3, 0.4) is 0 Å². The Hall–Kier alpha value is -2.99. The summed E-state index contributed by atoms with van der Waals surface area (Å²) in [6.07, 6.45) is 7.71. The number of nitrogens with one attached hydrogen (secondary N) is 2. The molecule has 3 aromatic rings. The van der Waals surface area contributed by atoms with Crippen LogP contribution in [-0.4, -0.2) is 35.4 Å². The molecule has 6 heteroatoms. The first-order valence-electron chi connectivity index (χ1n) is 10.3. The predicted octanol–water partition coefficient (Wildman–Crippen LogP) is 5.59. The van der Waals surface area contributed by atoms with E-state index in [2.05, 4.69) is 28.2 Å². The van der Waals surface area contributed by atoms with Gasteiger partial charge in [-0.25, -0.2) is 8.78 Å². The van der Waals surface area contributed by atoms with Gasteiger partial charge in [-0.05, 0) is 61.4 Å². The van der Waals surface area contributed by atoms with Crippen LogP contribution in [-0.2, 0) is 0 Å². The lowest BCUT2D eigenvalue weighted by Crippen LogP contribution is -2.29. The monoisotopic (exact) mass is 409 g/mol. The molecule has 2 N–H and O–H groups in total. The average Bonchev–Trinajstić information content (AvgIpc) is 3.18. The average molecular weight is 409 g/mol. The predicted molar refractivity (Wildman–Crippen MR) is 117 cm³/mol. The Morgan fingerprint density at radius 1 is 1.17 bits per heavy atom. The third-order valence-corrected chi connectivity index (χ3v) is 5.59. The molecule has 0 spiro atoms. The van der Waals surface area contributed by atoms with Crippen LogP contribution < -0.4 is 5.32 Å². The Morgan fingerprint density at radius 3 is 2.77 bits per heavy atom. The SMILES string of the molecule is CCCCN1CC=C(c2c[nH]c3ccc(NC(=O)c4ccc(F)c(F)c4)cc23)CC1. The van der Waals surface area contributed by atoms with Crippen molar-refractivity contribution in [3.63, 3.8) is 0 Å². The second-order valence-corrected chi connectivity index (χ2v) is 7.68. The molecule has 4 nitrogen and oxygen atoms in total. The van der Waals surface area contributed by atoms with E-state index in [0.29, 0.717) is 5.69 Å². The number of carbonyl (C=O) groups is 1. The van der Waals surface area contributed by atoms with Crippen LogP contribution in [0.4, 0.5) is 14.5 Å². The fourth-order valence-corrected chi connectivity index (χ4v) is 3.85. The van der Waals surface area contributed by atoms with Crippen molar-refractivity contribution < 1.29 is 13.6 Å². The number of aromatic amines is 1. The van der Waals surface area contributed by atoms with Crippen molar-refractivity contribution in [2.24, 2.45) is 0 Å². The Labute approximate surface area is 174 Å². The molecule has 156 valence electrons. The molecule has 0 unspecified atom stereocenters. The smallest absolute Gasteiger partial charge is 0.255 e. The third kappa shape index (κ3) is 4.28. The van der Waals surface area contributed by atoms with Gasteiger partial charge in [-0.15, -0.1) is 0 Å². The largest absolute Gasteiger partial charge is 0.361 e. The Kier molecular flexibility index (Phi) is 5.95. The quantitative estimate of drug-likeness (QED) is 0.558. The molecule has 2 heterocycles. The van der Waals surface area contributed by atoms with E-state index < -0.39 is 17.5 Å². The molecule has 1 aliphatic heterocycles. The van der Waals surface area contributed by atoms with E-state index in [-0.39, 0.29) is 5.56 Å². The maximum atomic E-state index is 13.4. The number of benzene rings is 2. The maximum Gasteiger partial charge on any atom is 0.255 e. The fraction of sp³-hybridized carbons (Fsp3) is 0.292. The Balaban J connectivity index is 1.54. The molecule has 1 amide bonds. The maximum absolute atomic E-state index is 13.4. The number of halogens is 2. The van der Waals surface area contributed by atoms with Gasteiger partial charge in [0.05, 0.1) is 0 Å². The van der Waals surface area contributed by atoms with Crippen LogP contribution in [0, 0.1) is 11.6 Å². The lowest BCUT2D eigenvalue weighted by molar-refractivity contribution is 0.102. The van der Waals surface area contributed by atoms with Crippen molar-refractivity contribution in [3.05, 3.63) is 71.4 Å². The zero-order valence-electron chi connectivity index (χ0n) is 17.0. The number of H-pyrrole nitrogens is 1. The van der Waals surface area contributed by atoms with E-state index in [1.54, 1.807) is 6.07 Å². The van der Waals surface area contributed by atoms with Crippen molar-refractivity contribution in [1.29, 1.82) is 0 Å². The van der Waals surface area contributed by atoms with E-state index >= 15 is 0 Å². The molecule has 2 aromatic carbocycles. The molecule has 0 radical (unpaired) electrons. The van der Waals surface area contributed by atoms with Crippen molar-refractivity contribution in [1.82, 2.24) is 9.88 Å². The first-order chi connectivity index (χ1) is 14.5. The normalized spacial score (nSPS) is 14.7. The number of nitrogens with zero attached hydrogens (tertiary/aromatic N) is 1. The van der Waals surface area contributed by atoms with Gasteiger partial charge in [-0.3, -0.25) is 9.69 Å². The van der Waals surface area contributed by atoms with Gasteiger partial charge in [0.25, 0.3) is 5.91 Å². The summed E-state index contributed by atoms with van der Waals surface area (Å²) >= 11 is 0. The molecule has 0 saturated carbocycles. The zero-order chi connectivity index (χ0) is 21.1. The molecule has 0 atom stereocenters. The van der Waals surface area contributed by atoms with Gasteiger partial charge in [0.1, 0.15) is 0 Å². The Bertz CT molecular complexity index is 1100. The number of unbranched alkanes of at least 4 members (excludes halogenated alkanes) is 1. The van der Waals surface area contributed by atoms with Gasteiger partial charge >= 0.3 is 0 Å². The lowest BCUT2D eigenvalue weighted by Gasteiger charge is -2.26. The number of aromatic nitrogens is 1. The van der Waals surface area contributed by atoms with Crippen LogP contribution in [0.1, 0.15) is 42.1 Å². The van der Waals surface area contributed by atoms with E-state index in [4.69, 9.17) is 0 Å². The highest BCUT2D eigenvalue weighted by Crippen LogP contribution is 2.31. The molecule has 0 aliphatic carbocycles. The summed E-state index contributed by atoms with van der Waals surface area (Å²) in [6.45, 7) is 5.34. The summed E-state index contributed by atoms with van der Waals surface area (Å²) in [5, 5.41) is 3.81. The minimum Gasteiger partial charge on any atom is -0.361 e. The zero-order valence-corrected chi connectivity index (χ0v) is 17.0. The highest BCUT2D eigenvalue weighted by atomic mass is 19.2. The van der Waals surface area contributed by atoms with Gasteiger partial charge in [-0.1, -0.05) is 19.4 Å². The molecular formula is C24H25F2N3O. The minimum atomic E-state index is -1.04. The van der Waals surface area contributed by atoms with Crippen molar-refractivity contribution >= 4 is 28.1 Å². The van der Waals surface area contributed by atoms with Crippen LogP contribution in [0.25, 0.3) is 16.5 Å². The summed E-state index contributed by atoms with van der Waals surface area (Å²) in [4.78, 5) is 18.2. The van der Waals surface area contributed by atoms with Crippen LogP contribution in [0.5, 0.6) is 0 Å². The third-order valence-electron chi connectivity index (χ3n) is 5.59. The second-order valence-electron chi connectivity index (χ2n) is 7.68. The number of carbonyl (C=O) groups excluding carboxylic acids is 1. The number of fused-ring (bicyclic) bond motifs is 1. The molecule has 0 saturated heterocycles. The lowest BCUT2D eigenvalue weighted by atomic mass is 9.98.